The number of hydrogen-bond acceptors (Lipinski definition) is 5. The van der Waals surface area contributed by atoms with Gasteiger partial charge in [0.1, 0.15) is 0 Å². The molecule has 0 bridgehead atoms. The number of halogens is 1. The second-order valence-corrected chi connectivity index (χ2v) is 10.2. The van der Waals surface area contributed by atoms with Crippen LogP contribution in [0.4, 0.5) is 5.13 Å². The van der Waals surface area contributed by atoms with E-state index in [2.05, 4.69) is 15.0 Å². The van der Waals surface area contributed by atoms with Gasteiger partial charge in [0.2, 0.25) is 15.9 Å². The van der Waals surface area contributed by atoms with Crippen LogP contribution >= 0.6 is 22.9 Å². The summed E-state index contributed by atoms with van der Waals surface area (Å²) in [4.78, 5) is 17.8. The third kappa shape index (κ3) is 5.51. The van der Waals surface area contributed by atoms with E-state index < -0.39 is 10.0 Å². The van der Waals surface area contributed by atoms with Gasteiger partial charge in [0.05, 0.1) is 4.90 Å². The highest BCUT2D eigenvalue weighted by Gasteiger charge is 2.27. The molecule has 1 aromatic heterocycles. The lowest BCUT2D eigenvalue weighted by Crippen LogP contribution is -2.33. The van der Waals surface area contributed by atoms with Crippen molar-refractivity contribution in [1.29, 1.82) is 0 Å². The summed E-state index contributed by atoms with van der Waals surface area (Å²) in [6.45, 7) is 2.33. The van der Waals surface area contributed by atoms with E-state index in [1.54, 1.807) is 18.3 Å². The predicted molar refractivity (Wildman–Crippen MR) is 108 cm³/mol. The number of anilines is 1. The van der Waals surface area contributed by atoms with Gasteiger partial charge < -0.3 is 5.32 Å². The maximum atomic E-state index is 12.3. The number of aryl methyl sites for hydroxylation is 1. The van der Waals surface area contributed by atoms with Gasteiger partial charge in [-0.15, -0.1) is 11.3 Å². The van der Waals surface area contributed by atoms with Crippen molar-refractivity contribution in [2.45, 2.75) is 37.5 Å². The Hall–Kier alpha value is -1.48. The number of aromatic nitrogens is 1. The van der Waals surface area contributed by atoms with Crippen molar-refractivity contribution in [2.24, 2.45) is 11.8 Å². The van der Waals surface area contributed by atoms with Crippen molar-refractivity contribution in [2.75, 3.05) is 11.9 Å². The molecule has 0 aliphatic heterocycles. The third-order valence-electron chi connectivity index (χ3n) is 4.75. The summed E-state index contributed by atoms with van der Waals surface area (Å²) in [6, 6.07) is 6.10. The molecular weight excluding hydrogens is 406 g/mol. The Balaban J connectivity index is 1.46. The zero-order valence-corrected chi connectivity index (χ0v) is 17.3. The maximum Gasteiger partial charge on any atom is 0.240 e. The van der Waals surface area contributed by atoms with Crippen LogP contribution in [0.15, 0.2) is 35.4 Å². The highest BCUT2D eigenvalue weighted by Crippen LogP contribution is 2.30. The minimum atomic E-state index is -3.54. The average Bonchev–Trinajstić information content (AvgIpc) is 3.05. The molecule has 3 rings (SSSR count). The van der Waals surface area contributed by atoms with Crippen molar-refractivity contribution in [3.8, 4) is 0 Å². The van der Waals surface area contributed by atoms with Gasteiger partial charge in [0, 0.05) is 28.6 Å². The second-order valence-electron chi connectivity index (χ2n) is 6.79. The Morgan fingerprint density at radius 1 is 1.22 bits per heavy atom. The summed E-state index contributed by atoms with van der Waals surface area (Å²) >= 11 is 7.26. The fraction of sp³-hybridized carbons (Fsp3) is 0.444. The van der Waals surface area contributed by atoms with Crippen LogP contribution < -0.4 is 10.0 Å². The maximum absolute atomic E-state index is 12.3. The lowest BCUT2D eigenvalue weighted by molar-refractivity contribution is -0.121. The normalized spacial score (nSPS) is 20.4. The minimum Gasteiger partial charge on any atom is -0.302 e. The summed E-state index contributed by atoms with van der Waals surface area (Å²) in [6.07, 6.45) is 4.88. The van der Waals surface area contributed by atoms with Gasteiger partial charge in [-0.3, -0.25) is 4.79 Å². The smallest absolute Gasteiger partial charge is 0.240 e. The van der Waals surface area contributed by atoms with E-state index in [4.69, 9.17) is 11.6 Å². The number of hydrogen-bond donors (Lipinski definition) is 2. The standard InChI is InChI=1S/C18H22ClN3O3S2/c1-12-10-20-18(26-12)22-17(23)14-4-2-13(3-5-14)11-21-27(24,25)16-8-6-15(19)7-9-16/h6-10,13-14,21H,2-5,11H2,1H3,(H,20,22,23). The number of carbonyl (C=O) groups excluding carboxylic acids is 1. The second kappa shape index (κ2) is 8.68. The fourth-order valence-electron chi connectivity index (χ4n) is 3.17. The Morgan fingerprint density at radius 3 is 2.48 bits per heavy atom. The Kier molecular flexibility index (Phi) is 6.52. The molecule has 0 atom stereocenters. The SMILES string of the molecule is Cc1cnc(NC(=O)C2CCC(CNS(=O)(=O)c3ccc(Cl)cc3)CC2)s1. The molecule has 1 saturated carbocycles. The number of carbonyl (C=O) groups is 1. The molecule has 1 aliphatic rings. The topological polar surface area (TPSA) is 88.2 Å². The molecule has 0 saturated heterocycles. The fourth-order valence-corrected chi connectivity index (χ4v) is 5.08. The number of benzene rings is 1. The van der Waals surface area contributed by atoms with Gasteiger partial charge in [-0.25, -0.2) is 18.1 Å². The van der Waals surface area contributed by atoms with Crippen LogP contribution in [0.1, 0.15) is 30.6 Å². The van der Waals surface area contributed by atoms with Crippen molar-refractivity contribution in [3.05, 3.63) is 40.4 Å². The summed E-state index contributed by atoms with van der Waals surface area (Å²) in [5.74, 6) is 0.195. The molecule has 9 heteroatoms. The van der Waals surface area contributed by atoms with E-state index in [0.717, 1.165) is 30.6 Å². The van der Waals surface area contributed by atoms with Crippen molar-refractivity contribution in [1.82, 2.24) is 9.71 Å². The summed E-state index contributed by atoms with van der Waals surface area (Å²) in [5, 5.41) is 4.01. The molecule has 2 N–H and O–H groups in total. The summed E-state index contributed by atoms with van der Waals surface area (Å²) < 4.78 is 27.4. The van der Waals surface area contributed by atoms with Gasteiger partial charge in [0.15, 0.2) is 5.13 Å². The Bertz CT molecular complexity index is 889. The van der Waals surface area contributed by atoms with Crippen LogP contribution in [0.2, 0.25) is 5.02 Å². The highest BCUT2D eigenvalue weighted by molar-refractivity contribution is 7.89. The molecule has 2 aromatic rings. The molecule has 1 amide bonds. The van der Waals surface area contributed by atoms with Crippen molar-refractivity contribution < 1.29 is 13.2 Å². The molecule has 1 heterocycles. The van der Waals surface area contributed by atoms with E-state index in [-0.39, 0.29) is 22.6 Å². The summed E-state index contributed by atoms with van der Waals surface area (Å²) in [7, 11) is -3.54. The van der Waals surface area contributed by atoms with E-state index >= 15 is 0 Å². The number of nitrogens with zero attached hydrogens (tertiary/aromatic N) is 1. The predicted octanol–water partition coefficient (Wildman–Crippen LogP) is 3.83. The lowest BCUT2D eigenvalue weighted by atomic mass is 9.81. The van der Waals surface area contributed by atoms with E-state index in [0.29, 0.717) is 16.7 Å². The van der Waals surface area contributed by atoms with Crippen molar-refractivity contribution >= 4 is 44.0 Å². The Morgan fingerprint density at radius 2 is 1.89 bits per heavy atom. The molecule has 0 unspecified atom stereocenters. The third-order valence-corrected chi connectivity index (χ3v) is 7.27. The number of nitrogens with one attached hydrogen (secondary N) is 2. The number of sulfonamides is 1. The largest absolute Gasteiger partial charge is 0.302 e. The molecule has 1 fully saturated rings. The number of thiazole rings is 1. The van der Waals surface area contributed by atoms with Gasteiger partial charge >= 0.3 is 0 Å². The first-order chi connectivity index (χ1) is 12.8. The first kappa shape index (κ1) is 20.3. The quantitative estimate of drug-likeness (QED) is 0.733. The van der Waals surface area contributed by atoms with Crippen LogP contribution in [0, 0.1) is 18.8 Å². The molecule has 1 aromatic carbocycles. The van der Waals surface area contributed by atoms with E-state index in [1.807, 2.05) is 6.92 Å². The monoisotopic (exact) mass is 427 g/mol. The van der Waals surface area contributed by atoms with Gasteiger partial charge in [-0.2, -0.15) is 0 Å². The van der Waals surface area contributed by atoms with Gasteiger partial charge in [-0.05, 0) is 62.8 Å². The van der Waals surface area contributed by atoms with Gasteiger partial charge in [-0.1, -0.05) is 11.6 Å². The number of amides is 1. The van der Waals surface area contributed by atoms with Gasteiger partial charge in [0.25, 0.3) is 0 Å². The van der Waals surface area contributed by atoms with Crippen molar-refractivity contribution in [3.63, 3.8) is 0 Å². The summed E-state index contributed by atoms with van der Waals surface area (Å²) in [5.41, 5.74) is 0. The molecule has 0 radical (unpaired) electrons. The zero-order chi connectivity index (χ0) is 19.4. The van der Waals surface area contributed by atoms with Crippen LogP contribution in [-0.4, -0.2) is 25.9 Å². The lowest BCUT2D eigenvalue weighted by Gasteiger charge is -2.27. The molecule has 1 aliphatic carbocycles. The Labute approximate surface area is 168 Å². The molecular formula is C18H22ClN3O3S2. The van der Waals surface area contributed by atoms with Crippen LogP contribution in [0.3, 0.4) is 0 Å². The molecule has 27 heavy (non-hydrogen) atoms. The molecule has 6 nitrogen and oxygen atoms in total. The highest BCUT2D eigenvalue weighted by atomic mass is 35.5. The minimum absolute atomic E-state index is 0.00421. The average molecular weight is 428 g/mol. The van der Waals surface area contributed by atoms with E-state index in [9.17, 15) is 13.2 Å². The molecule has 146 valence electrons. The van der Waals surface area contributed by atoms with E-state index in [1.165, 1.54) is 23.5 Å². The van der Waals surface area contributed by atoms with Crippen LogP contribution in [-0.2, 0) is 14.8 Å². The van der Waals surface area contributed by atoms with Crippen LogP contribution in [0.25, 0.3) is 0 Å². The molecule has 0 spiro atoms. The number of rotatable bonds is 6. The first-order valence-corrected chi connectivity index (χ1v) is 11.5. The first-order valence-electron chi connectivity index (χ1n) is 8.82. The van der Waals surface area contributed by atoms with Crippen LogP contribution in [0.5, 0.6) is 0 Å². The zero-order valence-electron chi connectivity index (χ0n) is 14.9.